The van der Waals surface area contributed by atoms with Crippen LogP contribution < -0.4 is 0 Å². The van der Waals surface area contributed by atoms with E-state index < -0.39 is 193 Å². The fourth-order valence-electron chi connectivity index (χ4n) is 11.5. The van der Waals surface area contributed by atoms with E-state index in [1.807, 2.05) is 6.92 Å². The molecule has 2 saturated carbocycles. The molecule has 27 atom stereocenters. The molecular formula is C47H87O27P. The second kappa shape index (κ2) is 32.1. The van der Waals surface area contributed by atoms with Gasteiger partial charge in [0.2, 0.25) is 0 Å². The van der Waals surface area contributed by atoms with Crippen LogP contribution in [0.4, 0.5) is 0 Å². The Balaban J connectivity index is 1.35. The molecule has 0 bridgehead atoms. The fourth-order valence-corrected chi connectivity index (χ4v) is 12.2. The van der Waals surface area contributed by atoms with Gasteiger partial charge in [0.1, 0.15) is 36.6 Å². The van der Waals surface area contributed by atoms with Crippen molar-refractivity contribution in [3.63, 3.8) is 0 Å². The molecule has 5 aliphatic rings. The smallest absolute Gasteiger partial charge is 0.362 e. The van der Waals surface area contributed by atoms with Crippen molar-refractivity contribution in [2.24, 2.45) is 53.3 Å². The van der Waals surface area contributed by atoms with Crippen LogP contribution in [-0.4, -0.2) is 292 Å². The molecule has 75 heavy (non-hydrogen) atoms. The maximum Gasteiger partial charge on any atom is 0.362 e. The lowest BCUT2D eigenvalue weighted by atomic mass is 9.70. The van der Waals surface area contributed by atoms with Crippen molar-refractivity contribution in [3.8, 4) is 0 Å². The summed E-state index contributed by atoms with van der Waals surface area (Å²) in [5.74, 6) is -6.67. The van der Waals surface area contributed by atoms with Crippen LogP contribution in [0, 0.1) is 53.3 Å². The topological polar surface area (TPSA) is 425 Å². The van der Waals surface area contributed by atoms with Crippen LogP contribution in [0.3, 0.4) is 0 Å². The van der Waals surface area contributed by atoms with E-state index in [-0.39, 0.29) is 77.7 Å². The Morgan fingerprint density at radius 2 is 1.03 bits per heavy atom. The van der Waals surface area contributed by atoms with Gasteiger partial charge in [-0.05, 0) is 31.6 Å². The van der Waals surface area contributed by atoms with Gasteiger partial charge in [0.15, 0.2) is 0 Å². The Morgan fingerprint density at radius 1 is 0.480 bits per heavy atom. The van der Waals surface area contributed by atoms with Crippen LogP contribution in [0.5, 0.6) is 0 Å². The molecule has 5 rings (SSSR count). The predicted octanol–water partition coefficient (Wildman–Crippen LogP) is -5.53. The van der Waals surface area contributed by atoms with Gasteiger partial charge in [-0.2, -0.15) is 4.67 Å². The molecule has 0 radical (unpaired) electrons. The van der Waals surface area contributed by atoms with E-state index in [9.17, 15) is 81.9 Å². The van der Waals surface area contributed by atoms with Crippen molar-refractivity contribution < 1.29 is 133 Å². The first-order chi connectivity index (χ1) is 35.9. The molecule has 28 heteroatoms. The van der Waals surface area contributed by atoms with Crippen LogP contribution in [0.1, 0.15) is 33.1 Å². The fraction of sp³-hybridized carbons (Fsp3) is 1.00. The summed E-state index contributed by atoms with van der Waals surface area (Å²) >= 11 is 0. The number of rotatable bonds is 30. The lowest BCUT2D eigenvalue weighted by molar-refractivity contribution is -0.250. The highest BCUT2D eigenvalue weighted by Crippen LogP contribution is 2.44. The third-order valence-electron chi connectivity index (χ3n) is 16.0. The molecule has 3 saturated heterocycles. The number of aliphatic hydroxyl groups excluding tert-OH is 15. The van der Waals surface area contributed by atoms with E-state index in [0.29, 0.717) is 12.8 Å². The summed E-state index contributed by atoms with van der Waals surface area (Å²) in [6.45, 7) is -1.94. The van der Waals surface area contributed by atoms with Gasteiger partial charge < -0.3 is 124 Å². The third kappa shape index (κ3) is 16.7. The summed E-state index contributed by atoms with van der Waals surface area (Å²) in [5, 5.41) is 169. The van der Waals surface area contributed by atoms with E-state index in [0.717, 1.165) is 0 Å². The van der Waals surface area contributed by atoms with Crippen molar-refractivity contribution in [1.82, 2.24) is 0 Å². The molecule has 0 amide bonds. The van der Waals surface area contributed by atoms with Gasteiger partial charge >= 0.3 is 8.60 Å². The van der Waals surface area contributed by atoms with Gasteiger partial charge in [-0.1, -0.05) is 13.3 Å². The van der Waals surface area contributed by atoms with Gasteiger partial charge in [-0.3, -0.25) is 0 Å². The first-order valence-corrected chi connectivity index (χ1v) is 27.0. The third-order valence-corrected chi connectivity index (χ3v) is 16.9. The normalized spacial score (nSPS) is 43.6. The quantitative estimate of drug-likeness (QED) is 0.0181. The van der Waals surface area contributed by atoms with E-state index in [4.69, 9.17) is 46.9 Å². The van der Waals surface area contributed by atoms with Crippen LogP contribution >= 0.6 is 8.60 Å². The number of ether oxygens (including phenoxy) is 8. The van der Waals surface area contributed by atoms with Gasteiger partial charge in [0, 0.05) is 61.7 Å². The van der Waals surface area contributed by atoms with Crippen molar-refractivity contribution in [2.75, 3.05) is 106 Å². The Morgan fingerprint density at radius 3 is 1.65 bits per heavy atom. The molecule has 2 aliphatic carbocycles. The zero-order valence-corrected chi connectivity index (χ0v) is 43.7. The zero-order chi connectivity index (χ0) is 55.1. The van der Waals surface area contributed by atoms with Crippen LogP contribution in [0.15, 0.2) is 0 Å². The molecule has 16 N–H and O–H groups in total. The van der Waals surface area contributed by atoms with E-state index >= 15 is 0 Å². The number of hydrogen-bond donors (Lipinski definition) is 16. The molecule has 0 spiro atoms. The van der Waals surface area contributed by atoms with Crippen molar-refractivity contribution in [2.45, 2.75) is 137 Å². The molecule has 0 aromatic carbocycles. The minimum Gasteiger partial charge on any atom is -0.396 e. The van der Waals surface area contributed by atoms with Gasteiger partial charge in [0.25, 0.3) is 0 Å². The molecule has 3 aliphatic heterocycles. The highest BCUT2D eigenvalue weighted by atomic mass is 31.2. The average Bonchev–Trinajstić information content (AvgIpc) is 3.41. The first-order valence-electron chi connectivity index (χ1n) is 26.0. The van der Waals surface area contributed by atoms with E-state index in [2.05, 4.69) is 4.67 Å². The zero-order valence-electron chi connectivity index (χ0n) is 42.8. The van der Waals surface area contributed by atoms with E-state index in [1.165, 1.54) is 7.11 Å². The first kappa shape index (κ1) is 65.2. The lowest BCUT2D eigenvalue weighted by Crippen LogP contribution is -2.59. The summed E-state index contributed by atoms with van der Waals surface area (Å²) in [6, 6.07) is 0. The SMILES string of the molecule is CCC1C(CO)CC(COCC2C(CO)OC(COCC3C(CO)OC(COCC4C(O)C(C)OC(COC)C4O)C(O)C3O)C(OCC3CC(CO)C(O)C(O)C3O)C2COP(OO)OCC(O)CO)C(O)C1O. The Labute approximate surface area is 437 Å². The average molecular weight is 1120 g/mol. The summed E-state index contributed by atoms with van der Waals surface area (Å²) in [4.78, 5) is 0. The summed E-state index contributed by atoms with van der Waals surface area (Å²) < 4.78 is 63.7. The molecule has 27 nitrogen and oxygen atoms in total. The molecule has 0 aromatic heterocycles. The number of aliphatic hydroxyl groups is 15. The Hall–Kier alpha value is -0.650. The molecular weight excluding hydrogens is 1030 g/mol. The van der Waals surface area contributed by atoms with Gasteiger partial charge in [-0.15, -0.1) is 0 Å². The highest BCUT2D eigenvalue weighted by Gasteiger charge is 2.51. The molecule has 0 aromatic rings. The minimum absolute atomic E-state index is 0.00948. The maximum atomic E-state index is 11.5. The van der Waals surface area contributed by atoms with Crippen molar-refractivity contribution in [3.05, 3.63) is 0 Å². The van der Waals surface area contributed by atoms with Crippen LogP contribution in [-0.2, 0) is 51.6 Å². The predicted molar refractivity (Wildman–Crippen MR) is 255 cm³/mol. The molecule has 442 valence electrons. The molecule has 3 heterocycles. The van der Waals surface area contributed by atoms with Gasteiger partial charge in [0.05, 0.1) is 153 Å². The van der Waals surface area contributed by atoms with E-state index in [1.54, 1.807) is 6.92 Å². The minimum atomic E-state index is -2.63. The monoisotopic (exact) mass is 1110 g/mol. The number of hydrogen-bond acceptors (Lipinski definition) is 27. The van der Waals surface area contributed by atoms with Gasteiger partial charge in [-0.25, -0.2) is 5.26 Å². The standard InChI is InChI=1S/C47H87O27P/c1-4-28-23(7-48)5-25(40(56)43(28)59)12-65-15-29-30(18-70-75(74-63)69-14-27(53)9-50)47(68-13-26-6-24(8-49)39(55)46(62)41(26)57)37(73-33(29)10-51)21-66-16-31-34(11-52)72-36(45(61)44(31)60)20-67-17-32-38(54)22(2)71-35(19-64-3)42(32)58/h22-63H,4-21H2,1-3H3. The molecule has 27 unspecified atom stereocenters. The lowest BCUT2D eigenvalue weighted by Gasteiger charge is -2.48. The Kier molecular flexibility index (Phi) is 27.9. The Bertz CT molecular complexity index is 1560. The summed E-state index contributed by atoms with van der Waals surface area (Å²) in [7, 11) is -1.19. The molecule has 5 fully saturated rings. The highest BCUT2D eigenvalue weighted by molar-refractivity contribution is 7.41. The van der Waals surface area contributed by atoms with Crippen molar-refractivity contribution >= 4 is 8.60 Å². The maximum absolute atomic E-state index is 11.5. The van der Waals surface area contributed by atoms with Crippen LogP contribution in [0.25, 0.3) is 0 Å². The second-order valence-electron chi connectivity index (χ2n) is 20.8. The largest absolute Gasteiger partial charge is 0.396 e. The van der Waals surface area contributed by atoms with Crippen molar-refractivity contribution in [1.29, 1.82) is 0 Å². The second-order valence-corrected chi connectivity index (χ2v) is 21.9. The summed E-state index contributed by atoms with van der Waals surface area (Å²) in [5.41, 5.74) is 0. The van der Waals surface area contributed by atoms with Crippen LogP contribution in [0.2, 0.25) is 0 Å². The summed E-state index contributed by atoms with van der Waals surface area (Å²) in [6.07, 6.45) is -19.9. The number of methoxy groups -OCH3 is 1.